The zero-order chi connectivity index (χ0) is 15.4. The van der Waals surface area contributed by atoms with Gasteiger partial charge in [0, 0.05) is 12.6 Å². The Hall–Kier alpha value is -1.66. The molecule has 0 saturated carbocycles. The van der Waals surface area contributed by atoms with Gasteiger partial charge in [0.2, 0.25) is 0 Å². The molecule has 1 fully saturated rings. The molecule has 1 aromatic rings. The summed E-state index contributed by atoms with van der Waals surface area (Å²) in [5.41, 5.74) is 3.85. The maximum absolute atomic E-state index is 10.9. The molecule has 6 nitrogen and oxygen atoms in total. The van der Waals surface area contributed by atoms with Crippen LogP contribution in [0.25, 0.3) is 0 Å². The number of hydrogen-bond donors (Lipinski definition) is 2. The maximum Gasteiger partial charge on any atom is 0.293 e. The van der Waals surface area contributed by atoms with Crippen LogP contribution in [0.5, 0.6) is 0 Å². The minimum atomic E-state index is -0.424. The van der Waals surface area contributed by atoms with Gasteiger partial charge in [0.25, 0.3) is 5.69 Å². The average molecular weight is 292 g/mol. The molecule has 1 aliphatic heterocycles. The fourth-order valence-corrected chi connectivity index (χ4v) is 2.99. The van der Waals surface area contributed by atoms with E-state index in [1.807, 2.05) is 6.07 Å². The van der Waals surface area contributed by atoms with Crippen LogP contribution in [-0.2, 0) is 6.54 Å². The number of nitrogens with two attached hydrogens (primary N) is 1. The summed E-state index contributed by atoms with van der Waals surface area (Å²) in [6.07, 6.45) is 2.46. The molecule has 0 atom stereocenters. The van der Waals surface area contributed by atoms with E-state index in [0.717, 1.165) is 37.0 Å². The lowest BCUT2D eigenvalue weighted by Crippen LogP contribution is -2.34. The lowest BCUT2D eigenvalue weighted by molar-refractivity contribution is -0.384. The van der Waals surface area contributed by atoms with Crippen molar-refractivity contribution in [1.29, 1.82) is 0 Å². The molecular formula is C15H24N4O2. The number of hydrogen-bond acceptors (Lipinski definition) is 5. The zero-order valence-electron chi connectivity index (χ0n) is 12.7. The number of rotatable bonds is 5. The van der Waals surface area contributed by atoms with E-state index in [1.165, 1.54) is 18.9 Å². The van der Waals surface area contributed by atoms with Gasteiger partial charge in [-0.25, -0.2) is 0 Å². The van der Waals surface area contributed by atoms with Crippen molar-refractivity contribution in [2.24, 2.45) is 17.7 Å². The Labute approximate surface area is 125 Å². The number of hydrazine groups is 1. The van der Waals surface area contributed by atoms with Crippen molar-refractivity contribution < 1.29 is 4.92 Å². The minimum Gasteiger partial charge on any atom is -0.318 e. The first kappa shape index (κ1) is 15.7. The molecular weight excluding hydrogens is 268 g/mol. The van der Waals surface area contributed by atoms with Crippen LogP contribution < -0.4 is 11.3 Å². The number of piperidine rings is 1. The number of nitrogen functional groups attached to an aromatic ring is 1. The van der Waals surface area contributed by atoms with E-state index in [0.29, 0.717) is 5.69 Å². The molecule has 116 valence electrons. The highest BCUT2D eigenvalue weighted by molar-refractivity contribution is 5.62. The molecule has 0 unspecified atom stereocenters. The van der Waals surface area contributed by atoms with Gasteiger partial charge < -0.3 is 5.43 Å². The minimum absolute atomic E-state index is 0.0137. The largest absolute Gasteiger partial charge is 0.318 e. The third kappa shape index (κ3) is 3.92. The second kappa shape index (κ2) is 6.87. The normalized spacial score (nSPS) is 17.1. The Balaban J connectivity index is 1.99. The topological polar surface area (TPSA) is 84.4 Å². The van der Waals surface area contributed by atoms with Crippen LogP contribution in [0, 0.1) is 22.0 Å². The zero-order valence-corrected chi connectivity index (χ0v) is 12.7. The summed E-state index contributed by atoms with van der Waals surface area (Å²) in [6.45, 7) is 7.57. The van der Waals surface area contributed by atoms with Crippen LogP contribution in [0.1, 0.15) is 32.3 Å². The molecule has 0 aliphatic carbocycles. The standard InChI is InChI=1S/C15H24N4O2/c1-11(2)13-5-7-18(8-6-13)10-12-3-4-15(19(20)21)14(9-12)17-16/h3-4,9,11,13,17H,5-8,10,16H2,1-2H3. The summed E-state index contributed by atoms with van der Waals surface area (Å²) in [4.78, 5) is 12.9. The van der Waals surface area contributed by atoms with Crippen LogP contribution in [0.2, 0.25) is 0 Å². The first-order valence-corrected chi connectivity index (χ1v) is 7.47. The van der Waals surface area contributed by atoms with Crippen LogP contribution in [0.4, 0.5) is 11.4 Å². The molecule has 3 N–H and O–H groups in total. The van der Waals surface area contributed by atoms with Gasteiger partial charge in [0.15, 0.2) is 0 Å². The van der Waals surface area contributed by atoms with Crippen LogP contribution in [0.15, 0.2) is 18.2 Å². The highest BCUT2D eigenvalue weighted by Crippen LogP contribution is 2.28. The van der Waals surface area contributed by atoms with E-state index in [-0.39, 0.29) is 5.69 Å². The number of nitrogens with one attached hydrogen (secondary N) is 1. The highest BCUT2D eigenvalue weighted by Gasteiger charge is 2.22. The average Bonchev–Trinajstić information content (AvgIpc) is 2.47. The Morgan fingerprint density at radius 2 is 2.10 bits per heavy atom. The summed E-state index contributed by atoms with van der Waals surface area (Å²) < 4.78 is 0. The first-order chi connectivity index (χ1) is 10.0. The van der Waals surface area contributed by atoms with Gasteiger partial charge >= 0.3 is 0 Å². The summed E-state index contributed by atoms with van der Waals surface area (Å²) in [6, 6.07) is 5.10. The van der Waals surface area contributed by atoms with Crippen molar-refractivity contribution in [2.75, 3.05) is 18.5 Å². The second-order valence-electron chi connectivity index (χ2n) is 6.11. The highest BCUT2D eigenvalue weighted by atomic mass is 16.6. The third-order valence-corrected chi connectivity index (χ3v) is 4.39. The predicted octanol–water partition coefficient (Wildman–Crippen LogP) is 2.75. The fraction of sp³-hybridized carbons (Fsp3) is 0.600. The summed E-state index contributed by atoms with van der Waals surface area (Å²) >= 11 is 0. The van der Waals surface area contributed by atoms with Gasteiger partial charge in [-0.1, -0.05) is 19.9 Å². The molecule has 21 heavy (non-hydrogen) atoms. The lowest BCUT2D eigenvalue weighted by Gasteiger charge is -2.33. The summed E-state index contributed by atoms with van der Waals surface area (Å²) in [7, 11) is 0. The van der Waals surface area contributed by atoms with E-state index in [2.05, 4.69) is 24.2 Å². The van der Waals surface area contributed by atoms with Gasteiger partial charge in [0.1, 0.15) is 5.69 Å². The molecule has 0 amide bonds. The van der Waals surface area contributed by atoms with Crippen LogP contribution in [-0.4, -0.2) is 22.9 Å². The summed E-state index contributed by atoms with van der Waals surface area (Å²) in [5, 5.41) is 10.9. The number of likely N-dealkylation sites (tertiary alicyclic amines) is 1. The Bertz CT molecular complexity index is 496. The molecule has 1 aromatic carbocycles. The Morgan fingerprint density at radius 1 is 1.43 bits per heavy atom. The molecule has 0 aromatic heterocycles. The molecule has 1 saturated heterocycles. The Morgan fingerprint density at radius 3 is 2.62 bits per heavy atom. The van der Waals surface area contributed by atoms with Crippen molar-refractivity contribution >= 4 is 11.4 Å². The molecule has 0 spiro atoms. The first-order valence-electron chi connectivity index (χ1n) is 7.47. The van der Waals surface area contributed by atoms with E-state index >= 15 is 0 Å². The fourth-order valence-electron chi connectivity index (χ4n) is 2.99. The summed E-state index contributed by atoms with van der Waals surface area (Å²) in [5.74, 6) is 6.94. The number of nitro benzene ring substituents is 1. The predicted molar refractivity (Wildman–Crippen MR) is 83.7 cm³/mol. The van der Waals surface area contributed by atoms with Crippen molar-refractivity contribution in [1.82, 2.24) is 4.90 Å². The SMILES string of the molecule is CC(C)C1CCN(Cc2ccc([N+](=O)[O-])c(NN)c2)CC1. The van der Waals surface area contributed by atoms with Crippen molar-refractivity contribution in [2.45, 2.75) is 33.2 Å². The third-order valence-electron chi connectivity index (χ3n) is 4.39. The molecule has 2 rings (SSSR count). The molecule has 1 aliphatic rings. The number of nitrogens with zero attached hydrogens (tertiary/aromatic N) is 2. The van der Waals surface area contributed by atoms with Gasteiger partial charge in [0.05, 0.1) is 4.92 Å². The maximum atomic E-state index is 10.9. The van der Waals surface area contributed by atoms with Gasteiger partial charge in [-0.2, -0.15) is 0 Å². The van der Waals surface area contributed by atoms with E-state index < -0.39 is 4.92 Å². The Kier molecular flexibility index (Phi) is 5.14. The van der Waals surface area contributed by atoms with Crippen molar-refractivity contribution in [3.8, 4) is 0 Å². The number of benzene rings is 1. The number of nitro groups is 1. The number of anilines is 1. The van der Waals surface area contributed by atoms with Crippen LogP contribution >= 0.6 is 0 Å². The van der Waals surface area contributed by atoms with Gasteiger partial charge in [-0.05, 0) is 49.4 Å². The van der Waals surface area contributed by atoms with Crippen LogP contribution in [0.3, 0.4) is 0 Å². The smallest absolute Gasteiger partial charge is 0.293 e. The van der Waals surface area contributed by atoms with E-state index in [9.17, 15) is 10.1 Å². The molecule has 0 radical (unpaired) electrons. The van der Waals surface area contributed by atoms with Gasteiger partial charge in [-0.15, -0.1) is 0 Å². The molecule has 1 heterocycles. The lowest BCUT2D eigenvalue weighted by atomic mass is 9.86. The van der Waals surface area contributed by atoms with Gasteiger partial charge in [-0.3, -0.25) is 20.9 Å². The molecule has 0 bridgehead atoms. The molecule has 6 heteroatoms. The van der Waals surface area contributed by atoms with Crippen molar-refractivity contribution in [3.05, 3.63) is 33.9 Å². The van der Waals surface area contributed by atoms with Crippen molar-refractivity contribution in [3.63, 3.8) is 0 Å². The second-order valence-corrected chi connectivity index (χ2v) is 6.11. The van der Waals surface area contributed by atoms with E-state index in [1.54, 1.807) is 6.07 Å². The van der Waals surface area contributed by atoms with E-state index in [4.69, 9.17) is 5.84 Å². The quantitative estimate of drug-likeness (QED) is 0.495. The monoisotopic (exact) mass is 292 g/mol.